The zero-order valence-corrected chi connectivity index (χ0v) is 30.2. The number of halogens is 1. The third-order valence-corrected chi connectivity index (χ3v) is 9.16. The van der Waals surface area contributed by atoms with Crippen LogP contribution in [-0.4, -0.2) is 95.0 Å². The average molecular weight is 732 g/mol. The summed E-state index contributed by atoms with van der Waals surface area (Å²) in [4.78, 5) is 43.9. The number of ether oxygens (including phenoxy) is 5. The molecule has 0 saturated carbocycles. The predicted octanol–water partition coefficient (Wildman–Crippen LogP) is 3.99. The maximum atomic E-state index is 14.4. The number of benzene rings is 3. The van der Waals surface area contributed by atoms with Crippen LogP contribution in [0.1, 0.15) is 34.3 Å². The molecule has 15 heteroatoms. The Kier molecular flexibility index (Phi) is 11.2. The van der Waals surface area contributed by atoms with Gasteiger partial charge in [0.05, 0.1) is 27.4 Å². The minimum absolute atomic E-state index is 0.0156. The van der Waals surface area contributed by atoms with Crippen molar-refractivity contribution in [3.63, 3.8) is 0 Å². The summed E-state index contributed by atoms with van der Waals surface area (Å²) >= 11 is 0. The Labute approximate surface area is 306 Å². The van der Waals surface area contributed by atoms with Gasteiger partial charge in [0, 0.05) is 63.8 Å². The summed E-state index contributed by atoms with van der Waals surface area (Å²) in [6.07, 6.45) is 0.456. The fraction of sp³-hybridized carbons (Fsp3) is 0.368. The molecule has 1 saturated heterocycles. The van der Waals surface area contributed by atoms with E-state index in [1.165, 1.54) is 39.5 Å². The highest BCUT2D eigenvalue weighted by molar-refractivity contribution is 6.04. The molecule has 3 aromatic carbocycles. The largest absolute Gasteiger partial charge is 0.496 e. The van der Waals surface area contributed by atoms with Crippen LogP contribution in [-0.2, 0) is 22.6 Å². The third-order valence-electron chi connectivity index (χ3n) is 9.16. The minimum atomic E-state index is -0.680. The van der Waals surface area contributed by atoms with Gasteiger partial charge in [0.2, 0.25) is 5.91 Å². The van der Waals surface area contributed by atoms with Crippen molar-refractivity contribution in [3.8, 4) is 40.1 Å². The Morgan fingerprint density at radius 3 is 2.49 bits per heavy atom. The average Bonchev–Trinajstić information content (AvgIpc) is 3.61. The number of aryl methyl sites for hydroxylation is 1. The van der Waals surface area contributed by atoms with Crippen LogP contribution in [0.3, 0.4) is 0 Å². The maximum Gasteiger partial charge on any atom is 0.261 e. The molecule has 0 radical (unpaired) electrons. The summed E-state index contributed by atoms with van der Waals surface area (Å²) in [5, 5.41) is 10.1. The lowest BCUT2D eigenvalue weighted by Gasteiger charge is -2.39. The van der Waals surface area contributed by atoms with Crippen LogP contribution in [0.2, 0.25) is 0 Å². The van der Waals surface area contributed by atoms with Crippen LogP contribution in [0.15, 0.2) is 59.1 Å². The molecule has 3 aliphatic heterocycles. The van der Waals surface area contributed by atoms with Crippen LogP contribution in [0.5, 0.6) is 28.7 Å². The number of nitrogens with one attached hydrogen (secondary N) is 2. The molecule has 4 bridgehead atoms. The molecule has 0 spiro atoms. The standard InChI is InChI=1S/C38H42FN5O9/c1-43(2)37-35(36(53-42-37)23-9-11-26(39)31(17-23)50-5)38(47)44-15-14-28-27(20-44)41-34(46)21-51-32-16-22(6-12-29(32)48-3)7-13-33(45)40-19-24-8-10-25(52-28)18-30(24)49-4/h6,8-12,16-18,27-28H,7,13-15,19-21H2,1-5H3,(H,40,45)(H,41,46)/t27-,28+/m1/s1. The lowest BCUT2D eigenvalue weighted by atomic mass is 9.99. The number of aromatic nitrogens is 1. The summed E-state index contributed by atoms with van der Waals surface area (Å²) in [7, 11) is 7.85. The Bertz CT molecular complexity index is 1980. The number of hydrogen-bond donors (Lipinski definition) is 2. The van der Waals surface area contributed by atoms with Crippen molar-refractivity contribution in [1.82, 2.24) is 20.7 Å². The highest BCUT2D eigenvalue weighted by Gasteiger charge is 2.38. The number of amides is 3. The van der Waals surface area contributed by atoms with E-state index < -0.39 is 29.8 Å². The third kappa shape index (κ3) is 8.24. The molecule has 0 unspecified atom stereocenters. The highest BCUT2D eigenvalue weighted by Crippen LogP contribution is 2.36. The Balaban J connectivity index is 1.31. The van der Waals surface area contributed by atoms with Crippen molar-refractivity contribution in [2.75, 3.05) is 60.0 Å². The Morgan fingerprint density at radius 1 is 0.943 bits per heavy atom. The first-order valence-electron chi connectivity index (χ1n) is 17.1. The molecule has 280 valence electrons. The maximum absolute atomic E-state index is 14.4. The molecule has 1 fully saturated rings. The summed E-state index contributed by atoms with van der Waals surface area (Å²) < 4.78 is 48.6. The van der Waals surface area contributed by atoms with E-state index in [0.29, 0.717) is 41.4 Å². The monoisotopic (exact) mass is 731 g/mol. The van der Waals surface area contributed by atoms with Gasteiger partial charge in [-0.15, -0.1) is 0 Å². The molecular weight excluding hydrogens is 689 g/mol. The number of likely N-dealkylation sites (tertiary alicyclic amines) is 1. The minimum Gasteiger partial charge on any atom is -0.496 e. The molecule has 2 N–H and O–H groups in total. The fourth-order valence-electron chi connectivity index (χ4n) is 6.37. The van der Waals surface area contributed by atoms with E-state index in [4.69, 9.17) is 28.2 Å². The molecular formula is C38H42FN5O9. The zero-order chi connectivity index (χ0) is 37.6. The van der Waals surface area contributed by atoms with Gasteiger partial charge >= 0.3 is 0 Å². The quantitative estimate of drug-likeness (QED) is 0.296. The van der Waals surface area contributed by atoms with E-state index in [0.717, 1.165) is 11.1 Å². The molecule has 53 heavy (non-hydrogen) atoms. The second-order valence-corrected chi connectivity index (χ2v) is 12.8. The molecule has 3 aliphatic rings. The van der Waals surface area contributed by atoms with Crippen LogP contribution in [0, 0.1) is 5.82 Å². The van der Waals surface area contributed by atoms with E-state index in [2.05, 4.69) is 15.8 Å². The number of nitrogens with zero attached hydrogens (tertiary/aromatic N) is 3. The van der Waals surface area contributed by atoms with Crippen molar-refractivity contribution in [3.05, 3.63) is 77.1 Å². The van der Waals surface area contributed by atoms with Gasteiger partial charge in [-0.05, 0) is 54.4 Å². The first-order chi connectivity index (χ1) is 25.6. The van der Waals surface area contributed by atoms with Crippen LogP contribution in [0.25, 0.3) is 11.3 Å². The van der Waals surface area contributed by atoms with E-state index >= 15 is 0 Å². The summed E-state index contributed by atoms with van der Waals surface area (Å²) in [6, 6.07) is 14.1. The number of carbonyl (C=O) groups is 3. The second kappa shape index (κ2) is 16.1. The topological polar surface area (TPSA) is 154 Å². The SMILES string of the molecule is COc1cc(-c2onc(N(C)C)c2C(=O)N2CC[C@@H]3Oc4ccc(c(OC)c4)CNC(=O)CCc4ccc(OC)c(c4)OCC(=O)N[C@@H]3C2)ccc1F. The predicted molar refractivity (Wildman–Crippen MR) is 191 cm³/mol. The normalized spacial score (nSPS) is 17.8. The van der Waals surface area contributed by atoms with Gasteiger partial charge in [-0.1, -0.05) is 11.2 Å². The molecule has 4 aromatic rings. The van der Waals surface area contributed by atoms with Crippen molar-refractivity contribution < 1.29 is 47.0 Å². The second-order valence-electron chi connectivity index (χ2n) is 12.8. The smallest absolute Gasteiger partial charge is 0.261 e. The van der Waals surface area contributed by atoms with Gasteiger partial charge in [-0.25, -0.2) is 4.39 Å². The van der Waals surface area contributed by atoms with Gasteiger partial charge in [0.1, 0.15) is 23.2 Å². The molecule has 14 nitrogen and oxygen atoms in total. The first-order valence-corrected chi connectivity index (χ1v) is 17.1. The molecule has 4 heterocycles. The van der Waals surface area contributed by atoms with Gasteiger partial charge < -0.3 is 48.6 Å². The van der Waals surface area contributed by atoms with Crippen molar-refractivity contribution in [2.24, 2.45) is 0 Å². The molecule has 7 rings (SSSR count). The fourth-order valence-corrected chi connectivity index (χ4v) is 6.37. The number of anilines is 1. The Hall–Kier alpha value is -5.99. The lowest BCUT2D eigenvalue weighted by Crippen LogP contribution is -2.58. The van der Waals surface area contributed by atoms with Crippen LogP contribution < -0.4 is 39.2 Å². The van der Waals surface area contributed by atoms with Gasteiger partial charge in [0.25, 0.3) is 11.8 Å². The van der Waals surface area contributed by atoms with E-state index in [-0.39, 0.29) is 61.5 Å². The first kappa shape index (κ1) is 36.8. The zero-order valence-electron chi connectivity index (χ0n) is 30.2. The summed E-state index contributed by atoms with van der Waals surface area (Å²) in [5.41, 5.74) is 2.17. The number of carbonyl (C=O) groups excluding carboxylic acids is 3. The number of hydrogen-bond acceptors (Lipinski definition) is 11. The lowest BCUT2D eigenvalue weighted by molar-refractivity contribution is -0.125. The van der Waals surface area contributed by atoms with Gasteiger partial charge in [0.15, 0.2) is 41.3 Å². The molecule has 2 atom stereocenters. The molecule has 0 aliphatic carbocycles. The summed E-state index contributed by atoms with van der Waals surface area (Å²) in [6.45, 7) is 0.233. The number of rotatable bonds is 6. The van der Waals surface area contributed by atoms with Crippen LogP contribution in [0.4, 0.5) is 10.2 Å². The van der Waals surface area contributed by atoms with E-state index in [9.17, 15) is 18.8 Å². The van der Waals surface area contributed by atoms with E-state index in [1.54, 1.807) is 48.2 Å². The van der Waals surface area contributed by atoms with Gasteiger partial charge in [-0.3, -0.25) is 14.4 Å². The highest BCUT2D eigenvalue weighted by atomic mass is 19.1. The van der Waals surface area contributed by atoms with Crippen molar-refractivity contribution in [1.29, 1.82) is 0 Å². The number of piperidine rings is 1. The number of fused-ring (bicyclic) bond motifs is 9. The van der Waals surface area contributed by atoms with E-state index in [1.807, 2.05) is 12.1 Å². The molecule has 3 amide bonds. The van der Waals surface area contributed by atoms with Crippen molar-refractivity contribution >= 4 is 23.5 Å². The van der Waals surface area contributed by atoms with Gasteiger partial charge in [-0.2, -0.15) is 0 Å². The Morgan fingerprint density at radius 2 is 1.74 bits per heavy atom. The van der Waals surface area contributed by atoms with Crippen LogP contribution >= 0.6 is 0 Å². The number of methoxy groups -OCH3 is 3. The van der Waals surface area contributed by atoms with Crippen molar-refractivity contribution in [2.45, 2.75) is 38.0 Å². The molecule has 1 aromatic heterocycles. The summed E-state index contributed by atoms with van der Waals surface area (Å²) in [5.74, 6) is 0.647.